The normalized spacial score (nSPS) is 12.0. The number of hydrogen-bond acceptors (Lipinski definition) is 5. The van der Waals surface area contributed by atoms with E-state index in [2.05, 4.69) is 15.7 Å². The molecule has 43 heavy (non-hydrogen) atoms. The Morgan fingerprint density at radius 1 is 1.00 bits per heavy atom. The van der Waals surface area contributed by atoms with Crippen LogP contribution in [0.3, 0.4) is 0 Å². The van der Waals surface area contributed by atoms with Gasteiger partial charge in [0.15, 0.2) is 5.69 Å². The van der Waals surface area contributed by atoms with E-state index in [0.29, 0.717) is 47.1 Å². The summed E-state index contributed by atoms with van der Waals surface area (Å²) in [5.41, 5.74) is 11.8. The molecular weight excluding hydrogens is 566 g/mol. The Morgan fingerprint density at radius 2 is 1.81 bits per heavy atom. The second-order valence-electron chi connectivity index (χ2n) is 9.98. The van der Waals surface area contributed by atoms with E-state index in [0.717, 1.165) is 27.9 Å². The molecule has 0 aliphatic heterocycles. The van der Waals surface area contributed by atoms with Gasteiger partial charge in [-0.2, -0.15) is 5.10 Å². The van der Waals surface area contributed by atoms with Crippen LogP contribution in [-0.4, -0.2) is 27.5 Å². The zero-order chi connectivity index (χ0) is 29.9. The Hall–Kier alpha value is -5.41. The zero-order valence-electron chi connectivity index (χ0n) is 22.8. The third kappa shape index (κ3) is 5.84. The van der Waals surface area contributed by atoms with Gasteiger partial charge < -0.3 is 20.8 Å². The number of nitrogens with one attached hydrogen (secondary N) is 2. The third-order valence-corrected chi connectivity index (χ3v) is 7.51. The fraction of sp³-hybridized carbons (Fsp3) is 0.0909. The lowest BCUT2D eigenvalue weighted by Crippen LogP contribution is -2.19. The number of nitrogens with two attached hydrogens (primary N) is 1. The lowest BCUT2D eigenvalue weighted by Gasteiger charge is -2.20. The molecule has 5 aromatic rings. The molecule has 10 heteroatoms. The van der Waals surface area contributed by atoms with Gasteiger partial charge in [-0.3, -0.25) is 14.4 Å². The van der Waals surface area contributed by atoms with Crippen molar-refractivity contribution in [2.24, 2.45) is 5.73 Å². The number of anilines is 1. The van der Waals surface area contributed by atoms with Gasteiger partial charge >= 0.3 is 0 Å². The van der Waals surface area contributed by atoms with Crippen molar-refractivity contribution in [1.82, 2.24) is 15.1 Å². The number of rotatable bonds is 8. The van der Waals surface area contributed by atoms with Crippen LogP contribution in [0.1, 0.15) is 43.3 Å². The average Bonchev–Trinajstić information content (AvgIpc) is 3.68. The number of aromatic nitrogens is 2. The summed E-state index contributed by atoms with van der Waals surface area (Å²) in [6, 6.07) is 23.5. The number of benzene rings is 3. The highest BCUT2D eigenvalue weighted by molar-refractivity contribution is 6.34. The highest BCUT2D eigenvalue weighted by Gasteiger charge is 2.28. The topological polar surface area (TPSA) is 132 Å². The molecule has 0 saturated heterocycles. The van der Waals surface area contributed by atoms with Gasteiger partial charge in [0.1, 0.15) is 5.76 Å². The Kier molecular flexibility index (Phi) is 7.63. The van der Waals surface area contributed by atoms with Gasteiger partial charge in [-0.15, -0.1) is 0 Å². The maximum absolute atomic E-state index is 12.9. The summed E-state index contributed by atoms with van der Waals surface area (Å²) >= 11 is 6.22. The first kappa shape index (κ1) is 27.7. The molecule has 1 aliphatic rings. The van der Waals surface area contributed by atoms with E-state index in [-0.39, 0.29) is 17.5 Å². The molecular formula is C33H26ClN5O4. The molecule has 0 unspecified atom stereocenters. The Morgan fingerprint density at radius 3 is 2.56 bits per heavy atom. The number of halogens is 1. The maximum atomic E-state index is 12.9. The van der Waals surface area contributed by atoms with Crippen LogP contribution in [0.25, 0.3) is 23.0 Å². The number of hydrogen-bond donors (Lipinski definition) is 3. The molecule has 3 aromatic carbocycles. The van der Waals surface area contributed by atoms with E-state index in [1.165, 1.54) is 6.08 Å². The second-order valence-corrected chi connectivity index (χ2v) is 10.4. The van der Waals surface area contributed by atoms with Crippen molar-refractivity contribution >= 4 is 41.1 Å². The van der Waals surface area contributed by atoms with E-state index in [9.17, 15) is 14.4 Å². The van der Waals surface area contributed by atoms with Crippen molar-refractivity contribution in [2.45, 2.75) is 19.4 Å². The Balaban J connectivity index is 1.28. The van der Waals surface area contributed by atoms with E-state index < -0.39 is 5.91 Å². The summed E-state index contributed by atoms with van der Waals surface area (Å²) in [6.07, 6.45) is 6.00. The molecule has 3 amide bonds. The minimum absolute atomic E-state index is 0.211. The summed E-state index contributed by atoms with van der Waals surface area (Å²) in [7, 11) is 0. The quantitative estimate of drug-likeness (QED) is 0.203. The minimum atomic E-state index is -0.609. The number of furan rings is 1. The molecule has 0 radical (unpaired) electrons. The van der Waals surface area contributed by atoms with Crippen LogP contribution in [0.4, 0.5) is 5.69 Å². The van der Waals surface area contributed by atoms with Crippen LogP contribution in [-0.2, 0) is 24.2 Å². The second kappa shape index (κ2) is 11.8. The van der Waals surface area contributed by atoms with E-state index >= 15 is 0 Å². The van der Waals surface area contributed by atoms with Crippen LogP contribution in [0.2, 0.25) is 5.02 Å². The van der Waals surface area contributed by atoms with Crippen LogP contribution >= 0.6 is 11.6 Å². The monoisotopic (exact) mass is 591 g/mol. The maximum Gasteiger partial charge on any atom is 0.269 e. The summed E-state index contributed by atoms with van der Waals surface area (Å²) < 4.78 is 6.93. The Labute approximate surface area is 252 Å². The molecule has 2 aromatic heterocycles. The summed E-state index contributed by atoms with van der Waals surface area (Å²) in [4.78, 5) is 37.5. The number of aryl methyl sites for hydroxylation is 1. The highest BCUT2D eigenvalue weighted by Crippen LogP contribution is 2.38. The highest BCUT2D eigenvalue weighted by atomic mass is 35.5. The fourth-order valence-corrected chi connectivity index (χ4v) is 5.31. The molecule has 0 saturated carbocycles. The van der Waals surface area contributed by atoms with E-state index in [1.807, 2.05) is 42.5 Å². The first-order chi connectivity index (χ1) is 20.9. The molecule has 4 N–H and O–H groups in total. The van der Waals surface area contributed by atoms with Crippen LogP contribution < -0.4 is 16.4 Å². The van der Waals surface area contributed by atoms with Gasteiger partial charge in [0.05, 0.1) is 34.8 Å². The van der Waals surface area contributed by atoms with Crippen LogP contribution in [0.15, 0.2) is 95.6 Å². The number of fused-ring (bicyclic) bond motifs is 3. The lowest BCUT2D eigenvalue weighted by molar-refractivity contribution is -0.116. The average molecular weight is 592 g/mol. The Bertz CT molecular complexity index is 1870. The summed E-state index contributed by atoms with van der Waals surface area (Å²) in [6.45, 7) is 0.300. The van der Waals surface area contributed by atoms with Crippen molar-refractivity contribution in [1.29, 1.82) is 0 Å². The number of nitrogens with zero attached hydrogens (tertiary/aromatic N) is 2. The van der Waals surface area contributed by atoms with Crippen LogP contribution in [0, 0.1) is 0 Å². The number of carbonyl (C=O) groups is 3. The van der Waals surface area contributed by atoms with Crippen molar-refractivity contribution in [3.63, 3.8) is 0 Å². The first-order valence-electron chi connectivity index (χ1n) is 13.6. The molecule has 2 heterocycles. The van der Waals surface area contributed by atoms with E-state index in [4.69, 9.17) is 21.8 Å². The fourth-order valence-electron chi connectivity index (χ4n) is 5.09. The predicted molar refractivity (Wildman–Crippen MR) is 164 cm³/mol. The largest absolute Gasteiger partial charge is 0.467 e. The third-order valence-electron chi connectivity index (χ3n) is 7.18. The van der Waals surface area contributed by atoms with Crippen LogP contribution in [0.5, 0.6) is 0 Å². The SMILES string of the molecule is NC(=O)c1nn(-c2ccc(C=CC(=O)NCc3ccco3)cc2)c2c1CCc1ccc(NC(=O)c3ccccc3Cl)cc1-2. The van der Waals surface area contributed by atoms with Gasteiger partial charge in [0, 0.05) is 22.9 Å². The summed E-state index contributed by atoms with van der Waals surface area (Å²) in [5.74, 6) is -0.518. The van der Waals surface area contributed by atoms with Gasteiger partial charge in [0.25, 0.3) is 11.8 Å². The number of primary amides is 1. The van der Waals surface area contributed by atoms with Gasteiger partial charge in [0.2, 0.25) is 5.91 Å². The standard InChI is InChI=1S/C33H26ClN5O4/c34-28-6-2-1-5-25(28)33(42)37-22-12-10-21-11-15-26-30(32(35)41)38-39(31(26)27(21)18-22)23-13-7-20(8-14-23)9-16-29(40)36-19-24-4-3-17-43-24/h1-10,12-14,16-18H,11,15,19H2,(H2,35,41)(H,36,40)(H,37,42). The molecule has 0 fully saturated rings. The lowest BCUT2D eigenvalue weighted by atomic mass is 9.88. The number of carbonyl (C=O) groups excluding carboxylic acids is 3. The molecule has 0 spiro atoms. The minimum Gasteiger partial charge on any atom is -0.467 e. The predicted octanol–water partition coefficient (Wildman–Crippen LogP) is 5.57. The van der Waals surface area contributed by atoms with Gasteiger partial charge in [-0.1, -0.05) is 41.9 Å². The molecule has 9 nitrogen and oxygen atoms in total. The van der Waals surface area contributed by atoms with Crippen molar-refractivity contribution in [3.8, 4) is 16.9 Å². The molecule has 0 bridgehead atoms. The van der Waals surface area contributed by atoms with Gasteiger partial charge in [-0.25, -0.2) is 4.68 Å². The number of amides is 3. The molecule has 214 valence electrons. The zero-order valence-corrected chi connectivity index (χ0v) is 23.6. The van der Waals surface area contributed by atoms with E-state index in [1.54, 1.807) is 53.4 Å². The molecule has 6 rings (SSSR count). The van der Waals surface area contributed by atoms with Crippen molar-refractivity contribution in [3.05, 3.63) is 130 Å². The summed E-state index contributed by atoms with van der Waals surface area (Å²) in [5, 5.41) is 10.7. The van der Waals surface area contributed by atoms with Gasteiger partial charge in [-0.05, 0) is 78.6 Å². The van der Waals surface area contributed by atoms with Crippen molar-refractivity contribution in [2.75, 3.05) is 5.32 Å². The van der Waals surface area contributed by atoms with Crippen molar-refractivity contribution < 1.29 is 18.8 Å². The molecule has 0 atom stereocenters. The first-order valence-corrected chi connectivity index (χ1v) is 13.9. The molecule has 1 aliphatic carbocycles. The smallest absolute Gasteiger partial charge is 0.269 e.